The highest BCUT2D eigenvalue weighted by Gasteiger charge is 2.12. The zero-order chi connectivity index (χ0) is 15.6. The van der Waals surface area contributed by atoms with Crippen LogP contribution in [0.25, 0.3) is 0 Å². The SMILES string of the molecule is CN(C)c1ccc(Cl)cc1NC(=O)c1ccc(Br)c(Cl)c1. The molecule has 0 heterocycles. The Hall–Kier alpha value is -1.23. The van der Waals surface area contributed by atoms with Gasteiger partial charge in [0.1, 0.15) is 0 Å². The molecule has 0 unspecified atom stereocenters. The molecule has 0 saturated heterocycles. The van der Waals surface area contributed by atoms with Crippen LogP contribution in [0.2, 0.25) is 10.0 Å². The van der Waals surface area contributed by atoms with E-state index in [4.69, 9.17) is 23.2 Å². The van der Waals surface area contributed by atoms with Crippen LogP contribution >= 0.6 is 39.1 Å². The molecule has 0 aliphatic rings. The van der Waals surface area contributed by atoms with Crippen LogP contribution in [0.3, 0.4) is 0 Å². The number of amides is 1. The molecule has 21 heavy (non-hydrogen) atoms. The van der Waals surface area contributed by atoms with Gasteiger partial charge in [-0.2, -0.15) is 0 Å². The van der Waals surface area contributed by atoms with Crippen molar-refractivity contribution in [3.63, 3.8) is 0 Å². The smallest absolute Gasteiger partial charge is 0.255 e. The molecule has 2 aromatic rings. The van der Waals surface area contributed by atoms with Crippen molar-refractivity contribution >= 4 is 56.4 Å². The van der Waals surface area contributed by atoms with Gasteiger partial charge in [0.05, 0.1) is 16.4 Å². The molecule has 1 amide bonds. The van der Waals surface area contributed by atoms with Gasteiger partial charge < -0.3 is 10.2 Å². The fraction of sp³-hybridized carbons (Fsp3) is 0.133. The number of nitrogens with zero attached hydrogens (tertiary/aromatic N) is 1. The summed E-state index contributed by atoms with van der Waals surface area (Å²) in [5, 5.41) is 3.90. The minimum Gasteiger partial charge on any atom is -0.376 e. The molecule has 1 N–H and O–H groups in total. The van der Waals surface area contributed by atoms with Crippen LogP contribution in [-0.4, -0.2) is 20.0 Å². The van der Waals surface area contributed by atoms with Crippen molar-refractivity contribution in [2.75, 3.05) is 24.3 Å². The molecule has 0 spiro atoms. The normalized spacial score (nSPS) is 10.3. The molecule has 0 radical (unpaired) electrons. The number of nitrogens with one attached hydrogen (secondary N) is 1. The number of anilines is 2. The van der Waals surface area contributed by atoms with Crippen LogP contribution in [0.4, 0.5) is 11.4 Å². The summed E-state index contributed by atoms with van der Waals surface area (Å²) in [6.07, 6.45) is 0. The zero-order valence-corrected chi connectivity index (χ0v) is 14.6. The standard InChI is InChI=1S/C15H13BrCl2N2O/c1-20(2)14-6-4-10(17)8-13(14)19-15(21)9-3-5-11(16)12(18)7-9/h3-8H,1-2H3,(H,19,21). The summed E-state index contributed by atoms with van der Waals surface area (Å²) < 4.78 is 0.748. The fourth-order valence-electron chi connectivity index (χ4n) is 1.83. The van der Waals surface area contributed by atoms with Gasteiger partial charge in [-0.05, 0) is 52.3 Å². The summed E-state index contributed by atoms with van der Waals surface area (Å²) >= 11 is 15.3. The Morgan fingerprint density at radius 1 is 1.14 bits per heavy atom. The molecule has 6 heteroatoms. The fourth-order valence-corrected chi connectivity index (χ4v) is 2.43. The van der Waals surface area contributed by atoms with E-state index in [1.165, 1.54) is 0 Å². The summed E-state index contributed by atoms with van der Waals surface area (Å²) in [5.74, 6) is -0.241. The lowest BCUT2D eigenvalue weighted by molar-refractivity contribution is 0.102. The molecule has 110 valence electrons. The highest BCUT2D eigenvalue weighted by Crippen LogP contribution is 2.29. The number of carbonyl (C=O) groups is 1. The van der Waals surface area contributed by atoms with Gasteiger partial charge in [0, 0.05) is 29.2 Å². The van der Waals surface area contributed by atoms with Crippen LogP contribution in [-0.2, 0) is 0 Å². The highest BCUT2D eigenvalue weighted by molar-refractivity contribution is 9.10. The van der Waals surface area contributed by atoms with E-state index in [0.29, 0.717) is 21.3 Å². The Balaban J connectivity index is 2.30. The average molecular weight is 388 g/mol. The molecule has 2 rings (SSSR count). The summed E-state index contributed by atoms with van der Waals surface area (Å²) in [7, 11) is 3.80. The second-order valence-electron chi connectivity index (χ2n) is 4.64. The van der Waals surface area contributed by atoms with Crippen LogP contribution in [0.15, 0.2) is 40.9 Å². The van der Waals surface area contributed by atoms with Gasteiger partial charge in [0.25, 0.3) is 5.91 Å². The van der Waals surface area contributed by atoms with E-state index in [-0.39, 0.29) is 5.91 Å². The highest BCUT2D eigenvalue weighted by atomic mass is 79.9. The van der Waals surface area contributed by atoms with Crippen molar-refractivity contribution < 1.29 is 4.79 Å². The van der Waals surface area contributed by atoms with Gasteiger partial charge in [-0.1, -0.05) is 23.2 Å². The van der Waals surface area contributed by atoms with E-state index < -0.39 is 0 Å². The van der Waals surface area contributed by atoms with E-state index in [0.717, 1.165) is 10.2 Å². The van der Waals surface area contributed by atoms with Gasteiger partial charge in [-0.25, -0.2) is 0 Å². The Morgan fingerprint density at radius 2 is 1.86 bits per heavy atom. The molecular weight excluding hydrogens is 375 g/mol. The van der Waals surface area contributed by atoms with Crippen molar-refractivity contribution in [2.45, 2.75) is 0 Å². The number of halogens is 3. The lowest BCUT2D eigenvalue weighted by atomic mass is 10.2. The quantitative estimate of drug-likeness (QED) is 0.796. The molecule has 0 aliphatic heterocycles. The minimum atomic E-state index is -0.241. The van der Waals surface area contributed by atoms with Crippen molar-refractivity contribution in [3.8, 4) is 0 Å². The topological polar surface area (TPSA) is 32.3 Å². The van der Waals surface area contributed by atoms with Gasteiger partial charge in [0.15, 0.2) is 0 Å². The van der Waals surface area contributed by atoms with Crippen molar-refractivity contribution in [1.82, 2.24) is 0 Å². The van der Waals surface area contributed by atoms with Crippen LogP contribution in [0.1, 0.15) is 10.4 Å². The maximum absolute atomic E-state index is 12.3. The molecule has 0 aromatic heterocycles. The van der Waals surface area contributed by atoms with Crippen LogP contribution < -0.4 is 10.2 Å². The van der Waals surface area contributed by atoms with E-state index in [9.17, 15) is 4.79 Å². The number of hydrogen-bond acceptors (Lipinski definition) is 2. The largest absolute Gasteiger partial charge is 0.376 e. The van der Waals surface area contributed by atoms with E-state index in [1.807, 2.05) is 25.1 Å². The Bertz CT molecular complexity index is 689. The molecule has 2 aromatic carbocycles. The first kappa shape index (κ1) is 16.1. The Morgan fingerprint density at radius 3 is 2.48 bits per heavy atom. The van der Waals surface area contributed by atoms with E-state index in [1.54, 1.807) is 30.3 Å². The number of hydrogen-bond donors (Lipinski definition) is 1. The first-order valence-corrected chi connectivity index (χ1v) is 7.66. The monoisotopic (exact) mass is 386 g/mol. The van der Waals surface area contributed by atoms with Gasteiger partial charge in [0.2, 0.25) is 0 Å². The second-order valence-corrected chi connectivity index (χ2v) is 6.34. The van der Waals surface area contributed by atoms with Crippen molar-refractivity contribution in [2.24, 2.45) is 0 Å². The van der Waals surface area contributed by atoms with E-state index >= 15 is 0 Å². The second kappa shape index (κ2) is 6.69. The Labute approximate surface area is 142 Å². The molecule has 0 atom stereocenters. The molecular formula is C15H13BrCl2N2O. The summed E-state index contributed by atoms with van der Waals surface area (Å²) in [6.45, 7) is 0. The maximum Gasteiger partial charge on any atom is 0.255 e. The summed E-state index contributed by atoms with van der Waals surface area (Å²) in [5.41, 5.74) is 2.00. The summed E-state index contributed by atoms with van der Waals surface area (Å²) in [6, 6.07) is 10.4. The van der Waals surface area contributed by atoms with Crippen LogP contribution in [0.5, 0.6) is 0 Å². The van der Waals surface area contributed by atoms with E-state index in [2.05, 4.69) is 21.2 Å². The number of rotatable bonds is 3. The molecule has 0 fully saturated rings. The first-order chi connectivity index (χ1) is 9.88. The third kappa shape index (κ3) is 3.90. The molecule has 0 aliphatic carbocycles. The number of carbonyl (C=O) groups excluding carboxylic acids is 1. The minimum absolute atomic E-state index is 0.241. The van der Waals surface area contributed by atoms with Gasteiger partial charge in [-0.15, -0.1) is 0 Å². The summed E-state index contributed by atoms with van der Waals surface area (Å²) in [4.78, 5) is 14.2. The van der Waals surface area contributed by atoms with Crippen molar-refractivity contribution in [3.05, 3.63) is 56.5 Å². The molecule has 0 saturated carbocycles. The van der Waals surface area contributed by atoms with Crippen molar-refractivity contribution in [1.29, 1.82) is 0 Å². The van der Waals surface area contributed by atoms with Crippen LogP contribution in [0, 0.1) is 0 Å². The third-order valence-electron chi connectivity index (χ3n) is 2.87. The predicted molar refractivity (Wildman–Crippen MR) is 92.9 cm³/mol. The predicted octanol–water partition coefficient (Wildman–Crippen LogP) is 5.07. The van der Waals surface area contributed by atoms with Gasteiger partial charge in [-0.3, -0.25) is 4.79 Å². The molecule has 3 nitrogen and oxygen atoms in total. The zero-order valence-electron chi connectivity index (χ0n) is 11.5. The maximum atomic E-state index is 12.3. The number of benzene rings is 2. The average Bonchev–Trinajstić information content (AvgIpc) is 2.41. The lowest BCUT2D eigenvalue weighted by Crippen LogP contribution is -2.16. The lowest BCUT2D eigenvalue weighted by Gasteiger charge is -2.18. The Kier molecular flexibility index (Phi) is 5.14. The molecule has 0 bridgehead atoms. The third-order valence-corrected chi connectivity index (χ3v) is 4.34. The first-order valence-electron chi connectivity index (χ1n) is 6.12. The van der Waals surface area contributed by atoms with Gasteiger partial charge >= 0.3 is 0 Å².